The van der Waals surface area contributed by atoms with Crippen molar-refractivity contribution in [2.45, 2.75) is 45.1 Å². The van der Waals surface area contributed by atoms with Crippen molar-refractivity contribution in [3.05, 3.63) is 39.0 Å². The van der Waals surface area contributed by atoms with E-state index in [4.69, 9.17) is 28.2 Å². The van der Waals surface area contributed by atoms with Crippen LogP contribution in [-0.2, 0) is 18.4 Å². The minimum Gasteiger partial charge on any atom is -0.386 e. The number of nitrogens with zero attached hydrogens (tertiary/aromatic N) is 1. The summed E-state index contributed by atoms with van der Waals surface area (Å²) in [7, 11) is 0. The molecule has 20 heavy (non-hydrogen) atoms. The van der Waals surface area contributed by atoms with E-state index in [9.17, 15) is 5.11 Å². The first-order valence-electron chi connectivity index (χ1n) is 6.92. The van der Waals surface area contributed by atoms with Crippen LogP contribution in [-0.4, -0.2) is 10.1 Å². The lowest BCUT2D eigenvalue weighted by atomic mass is 9.83. The Balaban J connectivity index is 2.45. The van der Waals surface area contributed by atoms with Gasteiger partial charge in [0.25, 0.3) is 0 Å². The number of rotatable bonds is 1. The van der Waals surface area contributed by atoms with Crippen molar-refractivity contribution in [3.8, 4) is 0 Å². The Bertz CT molecular complexity index is 689. The van der Waals surface area contributed by atoms with Gasteiger partial charge in [0.15, 0.2) is 0 Å². The van der Waals surface area contributed by atoms with Crippen molar-refractivity contribution >= 4 is 34.1 Å². The van der Waals surface area contributed by atoms with Crippen LogP contribution in [0.2, 0.25) is 10.0 Å². The Morgan fingerprint density at radius 1 is 1.15 bits per heavy atom. The van der Waals surface area contributed by atoms with E-state index in [2.05, 4.69) is 0 Å². The third kappa shape index (κ3) is 2.20. The van der Waals surface area contributed by atoms with Gasteiger partial charge < -0.3 is 5.11 Å². The van der Waals surface area contributed by atoms with Crippen LogP contribution < -0.4 is 0 Å². The zero-order valence-corrected chi connectivity index (χ0v) is 13.1. The van der Waals surface area contributed by atoms with Crippen LogP contribution in [0.3, 0.4) is 0 Å². The molecule has 0 spiro atoms. The van der Waals surface area contributed by atoms with E-state index < -0.39 is 5.60 Å². The highest BCUT2D eigenvalue weighted by Gasteiger charge is 2.28. The number of halogens is 2. The first-order chi connectivity index (χ1) is 9.39. The van der Waals surface area contributed by atoms with Gasteiger partial charge in [-0.1, -0.05) is 29.3 Å². The van der Waals surface area contributed by atoms with Gasteiger partial charge in [-0.2, -0.15) is 0 Å². The first kappa shape index (κ1) is 14.1. The zero-order valence-electron chi connectivity index (χ0n) is 11.6. The highest BCUT2D eigenvalue weighted by molar-refractivity contribution is 6.45. The SMILES string of the molecule is CC(C)(O)c1c2c(nc3c(Cl)c(Cl)ccc13)CCCC2. The van der Waals surface area contributed by atoms with E-state index in [1.807, 2.05) is 19.9 Å². The number of hydrogen-bond donors (Lipinski definition) is 1. The number of benzene rings is 1. The van der Waals surface area contributed by atoms with Crippen LogP contribution >= 0.6 is 23.2 Å². The van der Waals surface area contributed by atoms with Crippen molar-refractivity contribution < 1.29 is 5.11 Å². The number of hydrogen-bond acceptors (Lipinski definition) is 2. The summed E-state index contributed by atoms with van der Waals surface area (Å²) in [5, 5.41) is 12.5. The molecule has 0 amide bonds. The lowest BCUT2D eigenvalue weighted by molar-refractivity contribution is 0.0789. The maximum atomic E-state index is 10.6. The number of aryl methyl sites for hydroxylation is 1. The van der Waals surface area contributed by atoms with Crippen molar-refractivity contribution in [1.29, 1.82) is 0 Å². The minimum absolute atomic E-state index is 0.475. The largest absolute Gasteiger partial charge is 0.386 e. The molecule has 0 aliphatic heterocycles. The Kier molecular flexibility index (Phi) is 3.44. The summed E-state index contributed by atoms with van der Waals surface area (Å²) >= 11 is 12.4. The molecule has 1 N–H and O–H groups in total. The first-order valence-corrected chi connectivity index (χ1v) is 7.67. The van der Waals surface area contributed by atoms with Gasteiger partial charge in [-0.25, -0.2) is 0 Å². The van der Waals surface area contributed by atoms with Crippen molar-refractivity contribution in [3.63, 3.8) is 0 Å². The quantitative estimate of drug-likeness (QED) is 0.832. The fourth-order valence-corrected chi connectivity index (χ4v) is 3.49. The molecule has 0 bridgehead atoms. The molecule has 1 heterocycles. The standard InChI is InChI=1S/C16H17Cl2NO/c1-16(2,20)13-9-5-3-4-6-12(9)19-15-10(13)7-8-11(17)14(15)18/h7-8,20H,3-6H2,1-2H3. The average molecular weight is 310 g/mol. The van der Waals surface area contributed by atoms with Crippen molar-refractivity contribution in [1.82, 2.24) is 4.98 Å². The van der Waals surface area contributed by atoms with Crippen LogP contribution in [0.4, 0.5) is 0 Å². The molecular weight excluding hydrogens is 293 g/mol. The normalized spacial score (nSPS) is 15.4. The molecule has 106 valence electrons. The zero-order chi connectivity index (χ0) is 14.5. The van der Waals surface area contributed by atoms with Crippen LogP contribution in [0, 0.1) is 0 Å². The molecule has 1 aromatic heterocycles. The molecular formula is C16H17Cl2NO. The summed E-state index contributed by atoms with van der Waals surface area (Å²) in [6.45, 7) is 3.64. The van der Waals surface area contributed by atoms with Crippen LogP contribution in [0.15, 0.2) is 12.1 Å². The highest BCUT2D eigenvalue weighted by Crippen LogP contribution is 2.39. The van der Waals surface area contributed by atoms with Gasteiger partial charge in [0.05, 0.1) is 21.2 Å². The summed E-state index contributed by atoms with van der Waals surface area (Å²) in [5.41, 5.74) is 2.99. The van der Waals surface area contributed by atoms with E-state index >= 15 is 0 Å². The molecule has 1 aliphatic rings. The van der Waals surface area contributed by atoms with Gasteiger partial charge in [-0.05, 0) is 56.7 Å². The summed E-state index contributed by atoms with van der Waals surface area (Å²) in [4.78, 5) is 4.72. The van der Waals surface area contributed by atoms with E-state index in [-0.39, 0.29) is 0 Å². The number of pyridine rings is 1. The molecule has 2 nitrogen and oxygen atoms in total. The second-order valence-corrected chi connectivity index (χ2v) is 6.72. The molecule has 0 radical (unpaired) electrons. The molecule has 0 unspecified atom stereocenters. The molecule has 2 aromatic rings. The predicted octanol–water partition coefficient (Wildman–Crippen LogP) is 4.65. The minimum atomic E-state index is -0.917. The van der Waals surface area contributed by atoms with Gasteiger partial charge in [0.2, 0.25) is 0 Å². The molecule has 1 aromatic carbocycles. The van der Waals surface area contributed by atoms with Crippen molar-refractivity contribution in [2.24, 2.45) is 0 Å². The summed E-state index contributed by atoms with van der Waals surface area (Å²) in [5.74, 6) is 0. The van der Waals surface area contributed by atoms with Gasteiger partial charge >= 0.3 is 0 Å². The maximum Gasteiger partial charge on any atom is 0.0910 e. The summed E-state index contributed by atoms with van der Waals surface area (Å²) < 4.78 is 0. The molecule has 3 rings (SSSR count). The second-order valence-electron chi connectivity index (χ2n) is 5.94. The van der Waals surface area contributed by atoms with E-state index in [1.54, 1.807) is 6.07 Å². The van der Waals surface area contributed by atoms with Crippen LogP contribution in [0.1, 0.15) is 43.5 Å². The van der Waals surface area contributed by atoms with Gasteiger partial charge in [-0.3, -0.25) is 4.98 Å². The fraction of sp³-hybridized carbons (Fsp3) is 0.438. The third-order valence-corrected chi connectivity index (χ3v) is 4.73. The molecule has 4 heteroatoms. The molecule has 0 atom stereocenters. The van der Waals surface area contributed by atoms with Gasteiger partial charge in [0, 0.05) is 11.1 Å². The smallest absolute Gasteiger partial charge is 0.0910 e. The summed E-state index contributed by atoms with van der Waals surface area (Å²) in [6, 6.07) is 3.69. The Morgan fingerprint density at radius 3 is 2.55 bits per heavy atom. The van der Waals surface area contributed by atoms with Crippen molar-refractivity contribution in [2.75, 3.05) is 0 Å². The Labute approximate surface area is 128 Å². The third-order valence-electron chi connectivity index (χ3n) is 3.94. The highest BCUT2D eigenvalue weighted by atomic mass is 35.5. The lowest BCUT2D eigenvalue weighted by Crippen LogP contribution is -2.22. The Hall–Kier alpha value is -0.830. The second kappa shape index (κ2) is 4.87. The number of aliphatic hydroxyl groups is 1. The van der Waals surface area contributed by atoms with Crippen LogP contribution in [0.5, 0.6) is 0 Å². The Morgan fingerprint density at radius 2 is 1.85 bits per heavy atom. The summed E-state index contributed by atoms with van der Waals surface area (Å²) in [6.07, 6.45) is 4.19. The monoisotopic (exact) mass is 309 g/mol. The molecule has 1 aliphatic carbocycles. The number of aromatic nitrogens is 1. The topological polar surface area (TPSA) is 33.1 Å². The van der Waals surface area contributed by atoms with Crippen LogP contribution in [0.25, 0.3) is 10.9 Å². The lowest BCUT2D eigenvalue weighted by Gasteiger charge is -2.28. The van der Waals surface area contributed by atoms with Gasteiger partial charge in [0.1, 0.15) is 0 Å². The molecule has 0 fully saturated rings. The predicted molar refractivity (Wildman–Crippen MR) is 83.6 cm³/mol. The van der Waals surface area contributed by atoms with Gasteiger partial charge in [-0.15, -0.1) is 0 Å². The van der Waals surface area contributed by atoms with E-state index in [0.29, 0.717) is 15.6 Å². The number of fused-ring (bicyclic) bond motifs is 2. The maximum absolute atomic E-state index is 10.6. The average Bonchev–Trinajstić information content (AvgIpc) is 2.39. The molecule has 0 saturated heterocycles. The van der Waals surface area contributed by atoms with E-state index in [1.165, 1.54) is 5.56 Å². The molecule has 0 saturated carbocycles. The fourth-order valence-electron chi connectivity index (χ4n) is 3.13. The van der Waals surface area contributed by atoms with E-state index in [0.717, 1.165) is 42.3 Å².